The van der Waals surface area contributed by atoms with Crippen molar-refractivity contribution in [1.29, 1.82) is 0 Å². The van der Waals surface area contributed by atoms with Crippen LogP contribution in [-0.4, -0.2) is 0 Å². The van der Waals surface area contributed by atoms with Crippen LogP contribution in [0.15, 0.2) is 24.3 Å². The van der Waals surface area contributed by atoms with Gasteiger partial charge in [0.1, 0.15) is 5.75 Å². The van der Waals surface area contributed by atoms with Crippen LogP contribution in [0.25, 0.3) is 0 Å². The van der Waals surface area contributed by atoms with E-state index in [0.29, 0.717) is 0 Å². The largest absolute Gasteiger partial charge is 0.429 e. The Kier molecular flexibility index (Phi) is 2.63. The zero-order chi connectivity index (χ0) is 7.40. The van der Waals surface area contributed by atoms with E-state index in [1.807, 2.05) is 24.3 Å². The Hall–Kier alpha value is -0.630. The second-order valence-electron chi connectivity index (χ2n) is 2.09. The van der Waals surface area contributed by atoms with Gasteiger partial charge < -0.3 is 4.18 Å². The summed E-state index contributed by atoms with van der Waals surface area (Å²) in [5.74, 6) is 0.792. The van der Waals surface area contributed by atoms with Crippen LogP contribution in [0.2, 0.25) is 0 Å². The van der Waals surface area contributed by atoms with Crippen molar-refractivity contribution in [3.8, 4) is 5.75 Å². The standard InChI is InChI=1S/C8H10OS.H2/c1-2-7-3-5-8(9-10)6-4-7;/h3-6,10H,2H2,1H3;1H. The second kappa shape index (κ2) is 3.52. The molecule has 0 atom stereocenters. The van der Waals surface area contributed by atoms with Gasteiger partial charge in [0, 0.05) is 14.3 Å². The van der Waals surface area contributed by atoms with Crippen molar-refractivity contribution in [2.45, 2.75) is 13.3 Å². The van der Waals surface area contributed by atoms with Crippen molar-refractivity contribution >= 4 is 12.9 Å². The Morgan fingerprint density at radius 2 is 2.00 bits per heavy atom. The maximum Gasteiger partial charge on any atom is 0.137 e. The summed E-state index contributed by atoms with van der Waals surface area (Å²) in [4.78, 5) is 0. The fraction of sp³-hybridized carbons (Fsp3) is 0.250. The Morgan fingerprint density at radius 1 is 1.40 bits per heavy atom. The molecule has 0 bridgehead atoms. The minimum absolute atomic E-state index is 0. The molecule has 0 spiro atoms. The van der Waals surface area contributed by atoms with Gasteiger partial charge in [-0.1, -0.05) is 19.1 Å². The van der Waals surface area contributed by atoms with E-state index in [1.165, 1.54) is 5.56 Å². The van der Waals surface area contributed by atoms with Crippen LogP contribution in [0.4, 0.5) is 0 Å². The minimum atomic E-state index is 0. The zero-order valence-electron chi connectivity index (χ0n) is 5.87. The van der Waals surface area contributed by atoms with E-state index < -0.39 is 0 Å². The molecular weight excluding hydrogens is 144 g/mol. The van der Waals surface area contributed by atoms with Crippen LogP contribution in [0.3, 0.4) is 0 Å². The summed E-state index contributed by atoms with van der Waals surface area (Å²) in [7, 11) is 0. The van der Waals surface area contributed by atoms with E-state index in [-0.39, 0.29) is 1.43 Å². The topological polar surface area (TPSA) is 9.23 Å². The lowest BCUT2D eigenvalue weighted by Gasteiger charge is -1.97. The summed E-state index contributed by atoms with van der Waals surface area (Å²) in [5, 5.41) is 0. The predicted molar refractivity (Wildman–Crippen MR) is 47.5 cm³/mol. The molecular formula is C8H12OS. The van der Waals surface area contributed by atoms with Crippen molar-refractivity contribution in [1.82, 2.24) is 0 Å². The number of hydrogen-bond acceptors (Lipinski definition) is 2. The lowest BCUT2D eigenvalue weighted by molar-refractivity contribution is 0.658. The van der Waals surface area contributed by atoms with E-state index in [0.717, 1.165) is 12.2 Å². The van der Waals surface area contributed by atoms with E-state index in [4.69, 9.17) is 4.18 Å². The summed E-state index contributed by atoms with van der Waals surface area (Å²) in [5.41, 5.74) is 1.31. The smallest absolute Gasteiger partial charge is 0.137 e. The molecule has 0 saturated heterocycles. The van der Waals surface area contributed by atoms with Crippen molar-refractivity contribution in [3.05, 3.63) is 29.8 Å². The minimum Gasteiger partial charge on any atom is -0.429 e. The molecule has 0 heterocycles. The zero-order valence-corrected chi connectivity index (χ0v) is 6.77. The molecule has 0 radical (unpaired) electrons. The van der Waals surface area contributed by atoms with Crippen LogP contribution in [0, 0.1) is 0 Å². The third-order valence-electron chi connectivity index (χ3n) is 1.44. The van der Waals surface area contributed by atoms with Crippen molar-refractivity contribution < 1.29 is 5.61 Å². The lowest BCUT2D eigenvalue weighted by atomic mass is 10.2. The first kappa shape index (κ1) is 7.48. The quantitative estimate of drug-likeness (QED) is 0.511. The summed E-state index contributed by atoms with van der Waals surface area (Å²) < 4.78 is 4.71. The highest BCUT2D eigenvalue weighted by Crippen LogP contribution is 2.12. The predicted octanol–water partition coefficient (Wildman–Crippen LogP) is 2.72. The molecule has 1 aromatic rings. The Balaban J connectivity index is 0.000001000. The molecule has 2 heteroatoms. The maximum atomic E-state index is 4.71. The van der Waals surface area contributed by atoms with Gasteiger partial charge in [0.2, 0.25) is 0 Å². The van der Waals surface area contributed by atoms with Gasteiger partial charge in [-0.25, -0.2) is 0 Å². The molecule has 0 amide bonds. The normalized spacial score (nSPS) is 9.40. The van der Waals surface area contributed by atoms with Crippen molar-refractivity contribution in [2.24, 2.45) is 0 Å². The van der Waals surface area contributed by atoms with Gasteiger partial charge in [0.25, 0.3) is 0 Å². The van der Waals surface area contributed by atoms with Gasteiger partial charge >= 0.3 is 0 Å². The van der Waals surface area contributed by atoms with Gasteiger partial charge in [-0.2, -0.15) is 0 Å². The number of aryl methyl sites for hydroxylation is 1. The highest BCUT2D eigenvalue weighted by atomic mass is 32.1. The third kappa shape index (κ3) is 1.67. The monoisotopic (exact) mass is 156 g/mol. The van der Waals surface area contributed by atoms with E-state index in [2.05, 4.69) is 19.8 Å². The van der Waals surface area contributed by atoms with Gasteiger partial charge in [0.05, 0.1) is 0 Å². The van der Waals surface area contributed by atoms with Crippen LogP contribution >= 0.6 is 12.9 Å². The molecule has 10 heavy (non-hydrogen) atoms. The number of rotatable bonds is 2. The molecule has 0 aromatic heterocycles. The van der Waals surface area contributed by atoms with Crippen LogP contribution < -0.4 is 4.18 Å². The fourth-order valence-electron chi connectivity index (χ4n) is 0.786. The highest BCUT2D eigenvalue weighted by Gasteiger charge is 1.89. The molecule has 1 nitrogen and oxygen atoms in total. The third-order valence-corrected chi connectivity index (χ3v) is 1.65. The first-order valence-electron chi connectivity index (χ1n) is 3.27. The van der Waals surface area contributed by atoms with Crippen LogP contribution in [0.1, 0.15) is 13.9 Å². The first-order chi connectivity index (χ1) is 4.86. The Labute approximate surface area is 68.1 Å². The average molecular weight is 156 g/mol. The molecule has 0 saturated carbocycles. The van der Waals surface area contributed by atoms with Gasteiger partial charge in [0.15, 0.2) is 0 Å². The van der Waals surface area contributed by atoms with E-state index in [9.17, 15) is 0 Å². The summed E-state index contributed by atoms with van der Waals surface area (Å²) in [6.07, 6.45) is 1.06. The number of benzene rings is 1. The molecule has 1 aromatic carbocycles. The molecule has 0 aliphatic rings. The first-order valence-corrected chi connectivity index (χ1v) is 3.63. The van der Waals surface area contributed by atoms with Gasteiger partial charge in [-0.15, -0.1) is 0 Å². The SMILES string of the molecule is CCc1ccc(OS)cc1.[HH]. The second-order valence-corrected chi connectivity index (χ2v) is 2.27. The fourth-order valence-corrected chi connectivity index (χ4v) is 0.908. The number of hydrogen-bond donors (Lipinski definition) is 1. The molecule has 0 fully saturated rings. The van der Waals surface area contributed by atoms with E-state index >= 15 is 0 Å². The van der Waals surface area contributed by atoms with Crippen LogP contribution in [-0.2, 0) is 6.42 Å². The highest BCUT2D eigenvalue weighted by molar-refractivity contribution is 7.75. The maximum absolute atomic E-state index is 4.71. The molecule has 0 N–H and O–H groups in total. The summed E-state index contributed by atoms with van der Waals surface area (Å²) >= 11 is 3.67. The van der Waals surface area contributed by atoms with Crippen molar-refractivity contribution in [2.75, 3.05) is 0 Å². The summed E-state index contributed by atoms with van der Waals surface area (Å²) in [6.45, 7) is 2.12. The van der Waals surface area contributed by atoms with Gasteiger partial charge in [-0.3, -0.25) is 0 Å². The average Bonchev–Trinajstić information content (AvgIpc) is 2.05. The van der Waals surface area contributed by atoms with Gasteiger partial charge in [-0.05, 0) is 24.1 Å². The Morgan fingerprint density at radius 3 is 2.40 bits per heavy atom. The lowest BCUT2D eigenvalue weighted by Crippen LogP contribution is -1.79. The molecule has 0 aliphatic carbocycles. The number of thiol groups is 1. The molecule has 0 aliphatic heterocycles. The van der Waals surface area contributed by atoms with Crippen LogP contribution in [0.5, 0.6) is 5.75 Å². The Bertz CT molecular complexity index is 175. The summed E-state index contributed by atoms with van der Waals surface area (Å²) in [6, 6.07) is 7.88. The molecule has 56 valence electrons. The van der Waals surface area contributed by atoms with E-state index in [1.54, 1.807) is 0 Å². The van der Waals surface area contributed by atoms with Crippen molar-refractivity contribution in [3.63, 3.8) is 0 Å². The molecule has 0 unspecified atom stereocenters. The molecule has 1 rings (SSSR count).